The quantitative estimate of drug-likeness (QED) is 0.473. The van der Waals surface area contributed by atoms with Gasteiger partial charge >= 0.3 is 0 Å². The summed E-state index contributed by atoms with van der Waals surface area (Å²) >= 11 is 7.69. The molecule has 2 heterocycles. The topological polar surface area (TPSA) is 42.0 Å². The molecule has 0 bridgehead atoms. The minimum atomic E-state index is -0.117. The minimum absolute atomic E-state index is 0.117. The number of nitrogens with zero attached hydrogens (tertiary/aromatic N) is 1. The van der Waals surface area contributed by atoms with E-state index in [4.69, 9.17) is 16.6 Å². The van der Waals surface area contributed by atoms with E-state index < -0.39 is 0 Å². The Balaban J connectivity index is 1.71. The molecule has 0 unspecified atom stereocenters. The van der Waals surface area contributed by atoms with Crippen LogP contribution in [0.5, 0.6) is 0 Å². The fourth-order valence-corrected chi connectivity index (χ4v) is 4.09. The molecule has 0 aliphatic heterocycles. The first kappa shape index (κ1) is 17.7. The van der Waals surface area contributed by atoms with Gasteiger partial charge in [-0.1, -0.05) is 48.0 Å². The Kier molecular flexibility index (Phi) is 4.92. The van der Waals surface area contributed by atoms with Crippen molar-refractivity contribution in [3.8, 4) is 10.4 Å². The van der Waals surface area contributed by atoms with Gasteiger partial charge in [-0.2, -0.15) is 0 Å². The first-order chi connectivity index (χ1) is 13.1. The number of thiophene rings is 1. The highest BCUT2D eigenvalue weighted by Gasteiger charge is 2.15. The summed E-state index contributed by atoms with van der Waals surface area (Å²) in [7, 11) is 0. The van der Waals surface area contributed by atoms with Gasteiger partial charge in [0.1, 0.15) is 0 Å². The van der Waals surface area contributed by atoms with Crippen LogP contribution in [0.1, 0.15) is 21.6 Å². The van der Waals surface area contributed by atoms with E-state index >= 15 is 0 Å². The van der Waals surface area contributed by atoms with Gasteiger partial charge in [-0.3, -0.25) is 9.78 Å². The highest BCUT2D eigenvalue weighted by atomic mass is 35.5. The van der Waals surface area contributed by atoms with Gasteiger partial charge in [-0.15, -0.1) is 11.3 Å². The van der Waals surface area contributed by atoms with Crippen LogP contribution in [-0.2, 0) is 6.54 Å². The number of fused-ring (bicyclic) bond motifs is 1. The van der Waals surface area contributed by atoms with Crippen LogP contribution >= 0.6 is 22.9 Å². The number of aryl methyl sites for hydroxylation is 1. The molecule has 4 rings (SSSR count). The number of hydrogen-bond donors (Lipinski definition) is 1. The molecule has 4 aromatic rings. The van der Waals surface area contributed by atoms with Crippen LogP contribution in [0, 0.1) is 6.92 Å². The van der Waals surface area contributed by atoms with Gasteiger partial charge in [0, 0.05) is 33.1 Å². The van der Waals surface area contributed by atoms with Crippen molar-refractivity contribution in [2.24, 2.45) is 0 Å². The Morgan fingerprint density at radius 3 is 2.74 bits per heavy atom. The van der Waals surface area contributed by atoms with Crippen LogP contribution in [0.4, 0.5) is 0 Å². The summed E-state index contributed by atoms with van der Waals surface area (Å²) in [6.45, 7) is 2.34. The molecule has 0 radical (unpaired) electrons. The summed E-state index contributed by atoms with van der Waals surface area (Å²) in [4.78, 5) is 18.8. The molecule has 0 aliphatic rings. The summed E-state index contributed by atoms with van der Waals surface area (Å²) < 4.78 is 0. The van der Waals surface area contributed by atoms with Crippen molar-refractivity contribution in [3.05, 3.63) is 87.9 Å². The molecule has 1 amide bonds. The minimum Gasteiger partial charge on any atom is -0.348 e. The average molecular weight is 393 g/mol. The predicted octanol–water partition coefficient (Wildman–Crippen LogP) is 5.86. The van der Waals surface area contributed by atoms with E-state index in [0.717, 1.165) is 32.6 Å². The van der Waals surface area contributed by atoms with Crippen molar-refractivity contribution in [2.45, 2.75) is 13.5 Å². The highest BCUT2D eigenvalue weighted by Crippen LogP contribution is 2.32. The fraction of sp³-hybridized carbons (Fsp3) is 0.0909. The number of aromatic nitrogens is 1. The Morgan fingerprint density at radius 1 is 1.11 bits per heavy atom. The zero-order valence-corrected chi connectivity index (χ0v) is 16.3. The van der Waals surface area contributed by atoms with E-state index in [2.05, 4.69) is 11.4 Å². The lowest BCUT2D eigenvalue weighted by Crippen LogP contribution is -2.23. The third-order valence-electron chi connectivity index (χ3n) is 4.34. The molecule has 1 N–H and O–H groups in total. The second-order valence-electron chi connectivity index (χ2n) is 6.30. The first-order valence-corrected chi connectivity index (χ1v) is 9.84. The SMILES string of the molecule is Cc1cc(C(=O)NCc2cccc(Cl)c2)c2cccc(-c3cccs3)c2n1. The third-order valence-corrected chi connectivity index (χ3v) is 5.48. The maximum Gasteiger partial charge on any atom is 0.252 e. The van der Waals surface area contributed by atoms with Gasteiger partial charge in [-0.05, 0) is 42.1 Å². The van der Waals surface area contributed by atoms with Crippen LogP contribution in [0.15, 0.2) is 66.0 Å². The predicted molar refractivity (Wildman–Crippen MR) is 112 cm³/mol. The number of carbonyl (C=O) groups excluding carboxylic acids is 1. The van der Waals surface area contributed by atoms with Crippen LogP contribution in [0.25, 0.3) is 21.3 Å². The van der Waals surface area contributed by atoms with Gasteiger partial charge in [0.25, 0.3) is 5.91 Å². The van der Waals surface area contributed by atoms with E-state index in [0.29, 0.717) is 17.1 Å². The molecule has 134 valence electrons. The van der Waals surface area contributed by atoms with Crippen LogP contribution in [0.2, 0.25) is 5.02 Å². The number of carbonyl (C=O) groups is 1. The monoisotopic (exact) mass is 392 g/mol. The standard InChI is InChI=1S/C22H17ClN2OS/c1-14-11-19(22(26)24-13-15-5-2-6-16(23)12-15)17-7-3-8-18(21(17)25-14)20-9-4-10-27-20/h2-12H,13H2,1H3,(H,24,26). The summed E-state index contributed by atoms with van der Waals surface area (Å²) in [6, 6.07) is 19.4. The van der Waals surface area contributed by atoms with E-state index in [9.17, 15) is 4.79 Å². The number of amides is 1. The van der Waals surface area contributed by atoms with Gasteiger partial charge in [0.15, 0.2) is 0 Å². The van der Waals surface area contributed by atoms with E-state index in [1.165, 1.54) is 0 Å². The Bertz CT molecular complexity index is 1120. The van der Waals surface area contributed by atoms with Crippen molar-refractivity contribution in [3.63, 3.8) is 0 Å². The maximum absolute atomic E-state index is 12.9. The molecule has 0 spiro atoms. The Hall–Kier alpha value is -2.69. The molecule has 5 heteroatoms. The Morgan fingerprint density at radius 2 is 1.96 bits per heavy atom. The summed E-state index contributed by atoms with van der Waals surface area (Å²) in [5.74, 6) is -0.117. The molecular formula is C22H17ClN2OS. The van der Waals surface area contributed by atoms with E-state index in [1.807, 2.05) is 66.9 Å². The molecular weight excluding hydrogens is 376 g/mol. The number of nitrogens with one attached hydrogen (secondary N) is 1. The zero-order valence-electron chi connectivity index (χ0n) is 14.7. The molecule has 3 nitrogen and oxygen atoms in total. The number of rotatable bonds is 4. The molecule has 0 saturated heterocycles. The van der Waals surface area contributed by atoms with Crippen LogP contribution in [-0.4, -0.2) is 10.9 Å². The number of hydrogen-bond acceptors (Lipinski definition) is 3. The molecule has 2 aromatic heterocycles. The molecule has 0 fully saturated rings. The summed E-state index contributed by atoms with van der Waals surface area (Å²) in [6.07, 6.45) is 0. The summed E-state index contributed by atoms with van der Waals surface area (Å²) in [5, 5.41) is 6.55. The van der Waals surface area contributed by atoms with Crippen LogP contribution < -0.4 is 5.32 Å². The Labute approximate surface area is 166 Å². The lowest BCUT2D eigenvalue weighted by Gasteiger charge is -2.11. The normalized spacial score (nSPS) is 10.9. The largest absolute Gasteiger partial charge is 0.348 e. The van der Waals surface area contributed by atoms with Crippen molar-refractivity contribution >= 4 is 39.7 Å². The van der Waals surface area contributed by atoms with Crippen LogP contribution in [0.3, 0.4) is 0 Å². The third kappa shape index (κ3) is 3.72. The lowest BCUT2D eigenvalue weighted by atomic mass is 10.0. The van der Waals surface area contributed by atoms with Crippen molar-refractivity contribution in [1.29, 1.82) is 0 Å². The molecule has 0 atom stereocenters. The number of benzene rings is 2. The number of para-hydroxylation sites is 1. The number of pyridine rings is 1. The van der Waals surface area contributed by atoms with Crippen molar-refractivity contribution in [2.75, 3.05) is 0 Å². The fourth-order valence-electron chi connectivity index (χ4n) is 3.12. The highest BCUT2D eigenvalue weighted by molar-refractivity contribution is 7.13. The molecule has 0 aliphatic carbocycles. The van der Waals surface area contributed by atoms with Gasteiger partial charge in [0.2, 0.25) is 0 Å². The second kappa shape index (κ2) is 7.51. The second-order valence-corrected chi connectivity index (χ2v) is 7.69. The zero-order chi connectivity index (χ0) is 18.8. The lowest BCUT2D eigenvalue weighted by molar-refractivity contribution is 0.0952. The molecule has 27 heavy (non-hydrogen) atoms. The van der Waals surface area contributed by atoms with E-state index in [1.54, 1.807) is 11.3 Å². The number of halogens is 1. The average Bonchev–Trinajstić information content (AvgIpc) is 3.19. The first-order valence-electron chi connectivity index (χ1n) is 8.59. The summed E-state index contributed by atoms with van der Waals surface area (Å²) in [5.41, 5.74) is 4.32. The maximum atomic E-state index is 12.9. The van der Waals surface area contributed by atoms with Crippen molar-refractivity contribution < 1.29 is 4.79 Å². The smallest absolute Gasteiger partial charge is 0.252 e. The van der Waals surface area contributed by atoms with Gasteiger partial charge in [0.05, 0.1) is 11.1 Å². The van der Waals surface area contributed by atoms with Gasteiger partial charge in [-0.25, -0.2) is 0 Å². The molecule has 2 aromatic carbocycles. The molecule has 0 saturated carbocycles. The van der Waals surface area contributed by atoms with Gasteiger partial charge < -0.3 is 5.32 Å². The van der Waals surface area contributed by atoms with E-state index in [-0.39, 0.29) is 5.91 Å². The van der Waals surface area contributed by atoms with Crippen molar-refractivity contribution in [1.82, 2.24) is 10.3 Å².